The molecule has 1 fully saturated rings. The highest BCUT2D eigenvalue weighted by atomic mass is 16.5. The zero-order valence-corrected chi connectivity index (χ0v) is 15.7. The molecule has 0 atom stereocenters. The lowest BCUT2D eigenvalue weighted by molar-refractivity contribution is 0.0681. The van der Waals surface area contributed by atoms with Crippen LogP contribution in [0.4, 0.5) is 5.95 Å². The maximum Gasteiger partial charge on any atom is 0.241 e. The first-order valence-electron chi connectivity index (χ1n) is 9.66. The van der Waals surface area contributed by atoms with Gasteiger partial charge in [-0.05, 0) is 56.0 Å². The van der Waals surface area contributed by atoms with E-state index >= 15 is 0 Å². The van der Waals surface area contributed by atoms with Crippen LogP contribution >= 0.6 is 0 Å². The molecular formula is C21H22N6O. The van der Waals surface area contributed by atoms with Crippen LogP contribution in [0, 0.1) is 0 Å². The number of pyridine rings is 2. The van der Waals surface area contributed by atoms with Crippen LogP contribution in [0.3, 0.4) is 0 Å². The highest BCUT2D eigenvalue weighted by Gasteiger charge is 2.21. The lowest BCUT2D eigenvalue weighted by Gasteiger charge is -2.28. The monoisotopic (exact) mass is 374 g/mol. The molecule has 142 valence electrons. The van der Waals surface area contributed by atoms with E-state index in [-0.39, 0.29) is 0 Å². The Morgan fingerprint density at radius 3 is 2.79 bits per heavy atom. The Morgan fingerprint density at radius 1 is 1.04 bits per heavy atom. The number of nitrogens with one attached hydrogen (secondary N) is 1. The third kappa shape index (κ3) is 3.18. The van der Waals surface area contributed by atoms with E-state index < -0.39 is 0 Å². The Labute approximate surface area is 162 Å². The van der Waals surface area contributed by atoms with Crippen LogP contribution in [-0.2, 0) is 4.74 Å². The van der Waals surface area contributed by atoms with Crippen molar-refractivity contribution in [2.45, 2.75) is 37.8 Å². The van der Waals surface area contributed by atoms with Gasteiger partial charge in [-0.1, -0.05) is 0 Å². The second-order valence-electron chi connectivity index (χ2n) is 7.23. The van der Waals surface area contributed by atoms with Gasteiger partial charge in [0.05, 0.1) is 34.5 Å². The molecule has 1 aliphatic carbocycles. The number of ether oxygens (including phenoxy) is 1. The van der Waals surface area contributed by atoms with Crippen molar-refractivity contribution >= 4 is 22.5 Å². The fourth-order valence-corrected chi connectivity index (χ4v) is 3.92. The van der Waals surface area contributed by atoms with Gasteiger partial charge in [0.1, 0.15) is 0 Å². The second kappa shape index (κ2) is 7.16. The molecule has 7 heteroatoms. The third-order valence-corrected chi connectivity index (χ3v) is 5.49. The van der Waals surface area contributed by atoms with E-state index in [2.05, 4.69) is 20.4 Å². The first-order valence-corrected chi connectivity index (χ1v) is 9.66. The number of fused-ring (bicyclic) bond motifs is 2. The molecule has 0 unspecified atom stereocenters. The van der Waals surface area contributed by atoms with Crippen molar-refractivity contribution in [1.29, 1.82) is 0 Å². The zero-order valence-electron chi connectivity index (χ0n) is 15.7. The van der Waals surface area contributed by atoms with Crippen molar-refractivity contribution in [2.75, 3.05) is 12.4 Å². The van der Waals surface area contributed by atoms with Gasteiger partial charge in [-0.25, -0.2) is 14.5 Å². The van der Waals surface area contributed by atoms with Crippen LogP contribution in [0.5, 0.6) is 0 Å². The molecule has 0 spiro atoms. The number of anilines is 1. The fourth-order valence-electron chi connectivity index (χ4n) is 3.92. The predicted octanol–water partition coefficient (Wildman–Crippen LogP) is 3.71. The summed E-state index contributed by atoms with van der Waals surface area (Å²) in [5.74, 6) is 0.659. The molecule has 0 saturated heterocycles. The molecule has 4 heterocycles. The molecule has 5 rings (SSSR count). The van der Waals surface area contributed by atoms with Gasteiger partial charge in [0.15, 0.2) is 0 Å². The summed E-state index contributed by atoms with van der Waals surface area (Å²) in [6.07, 6.45) is 10.3. The van der Waals surface area contributed by atoms with Gasteiger partial charge in [0.2, 0.25) is 5.95 Å². The molecule has 0 aromatic carbocycles. The van der Waals surface area contributed by atoms with E-state index in [1.165, 1.54) is 0 Å². The van der Waals surface area contributed by atoms with E-state index in [1.54, 1.807) is 13.3 Å². The first kappa shape index (κ1) is 17.1. The van der Waals surface area contributed by atoms with E-state index in [1.807, 2.05) is 47.2 Å². The SMILES string of the molecule is CO[C@H]1CC[C@@H](Nc2ncc3c(-c4ccc5ncccc5n4)ccn3n2)CC1. The summed E-state index contributed by atoms with van der Waals surface area (Å²) in [7, 11) is 1.79. The van der Waals surface area contributed by atoms with Crippen molar-refractivity contribution in [3.8, 4) is 11.3 Å². The van der Waals surface area contributed by atoms with E-state index in [0.717, 1.165) is 53.5 Å². The van der Waals surface area contributed by atoms with Gasteiger partial charge >= 0.3 is 0 Å². The predicted molar refractivity (Wildman–Crippen MR) is 108 cm³/mol. The summed E-state index contributed by atoms with van der Waals surface area (Å²) in [4.78, 5) is 13.6. The van der Waals surface area contributed by atoms with Crippen molar-refractivity contribution < 1.29 is 4.74 Å². The number of nitrogens with zero attached hydrogens (tertiary/aromatic N) is 5. The minimum Gasteiger partial charge on any atom is -0.381 e. The average Bonchev–Trinajstić information content (AvgIpc) is 3.17. The fraction of sp³-hybridized carbons (Fsp3) is 0.333. The number of methoxy groups -OCH3 is 1. The van der Waals surface area contributed by atoms with Crippen LogP contribution in [-0.4, -0.2) is 43.8 Å². The largest absolute Gasteiger partial charge is 0.381 e. The smallest absolute Gasteiger partial charge is 0.241 e. The van der Waals surface area contributed by atoms with E-state index in [9.17, 15) is 0 Å². The van der Waals surface area contributed by atoms with Crippen molar-refractivity contribution in [1.82, 2.24) is 24.6 Å². The normalized spacial score (nSPS) is 19.9. The van der Waals surface area contributed by atoms with Gasteiger partial charge in [-0.15, -0.1) is 5.10 Å². The molecule has 0 bridgehead atoms. The minimum absolute atomic E-state index is 0.387. The number of aromatic nitrogens is 5. The van der Waals surface area contributed by atoms with Crippen LogP contribution in [0.15, 0.2) is 48.9 Å². The Kier molecular flexibility index (Phi) is 4.37. The van der Waals surface area contributed by atoms with Crippen molar-refractivity contribution in [3.05, 3.63) is 48.9 Å². The quantitative estimate of drug-likeness (QED) is 0.587. The zero-order chi connectivity index (χ0) is 18.9. The summed E-state index contributed by atoms with van der Waals surface area (Å²) < 4.78 is 7.31. The van der Waals surface area contributed by atoms with Gasteiger partial charge < -0.3 is 10.1 Å². The Morgan fingerprint density at radius 2 is 1.93 bits per heavy atom. The van der Waals surface area contributed by atoms with Crippen LogP contribution < -0.4 is 5.32 Å². The summed E-state index contributed by atoms with van der Waals surface area (Å²) >= 11 is 0. The van der Waals surface area contributed by atoms with Crippen molar-refractivity contribution in [3.63, 3.8) is 0 Å². The molecule has 7 nitrogen and oxygen atoms in total. The molecule has 28 heavy (non-hydrogen) atoms. The molecule has 4 aromatic rings. The topological polar surface area (TPSA) is 77.2 Å². The molecular weight excluding hydrogens is 352 g/mol. The number of rotatable bonds is 4. The molecule has 1 aliphatic rings. The van der Waals surface area contributed by atoms with Crippen LogP contribution in [0.2, 0.25) is 0 Å². The van der Waals surface area contributed by atoms with E-state index in [0.29, 0.717) is 18.1 Å². The molecule has 0 amide bonds. The standard InChI is InChI=1S/C21H22N6O/c1-28-15-6-4-14(5-7-15)24-21-23-13-20-16(10-12-27(20)26-21)17-8-9-18-19(25-17)3-2-11-22-18/h2-3,8-15H,4-7H2,1H3,(H,24,26)/t14-,15+. The third-order valence-electron chi connectivity index (χ3n) is 5.49. The Hall–Kier alpha value is -3.06. The summed E-state index contributed by atoms with van der Waals surface area (Å²) in [6, 6.07) is 10.3. The molecule has 1 saturated carbocycles. The second-order valence-corrected chi connectivity index (χ2v) is 7.23. The summed E-state index contributed by atoms with van der Waals surface area (Å²) in [6.45, 7) is 0. The van der Waals surface area contributed by atoms with Crippen LogP contribution in [0.25, 0.3) is 27.8 Å². The molecule has 0 radical (unpaired) electrons. The van der Waals surface area contributed by atoms with Gasteiger partial charge in [0, 0.05) is 31.1 Å². The molecule has 4 aromatic heterocycles. The Bertz CT molecular complexity index is 1120. The van der Waals surface area contributed by atoms with E-state index in [4.69, 9.17) is 9.72 Å². The lowest BCUT2D eigenvalue weighted by atomic mass is 9.93. The van der Waals surface area contributed by atoms with Gasteiger partial charge in [-0.3, -0.25) is 4.98 Å². The van der Waals surface area contributed by atoms with Crippen LogP contribution in [0.1, 0.15) is 25.7 Å². The molecule has 0 aliphatic heterocycles. The maximum absolute atomic E-state index is 5.45. The lowest BCUT2D eigenvalue weighted by Crippen LogP contribution is -2.30. The van der Waals surface area contributed by atoms with Crippen molar-refractivity contribution in [2.24, 2.45) is 0 Å². The van der Waals surface area contributed by atoms with Gasteiger partial charge in [-0.2, -0.15) is 0 Å². The number of hydrogen-bond donors (Lipinski definition) is 1. The Balaban J connectivity index is 1.40. The molecule has 1 N–H and O–H groups in total. The minimum atomic E-state index is 0.387. The van der Waals surface area contributed by atoms with Gasteiger partial charge in [0.25, 0.3) is 0 Å². The average molecular weight is 374 g/mol. The summed E-state index contributed by atoms with van der Waals surface area (Å²) in [5, 5.41) is 8.11. The first-order chi connectivity index (χ1) is 13.8. The highest BCUT2D eigenvalue weighted by molar-refractivity contribution is 5.83. The number of hydrogen-bond acceptors (Lipinski definition) is 6. The highest BCUT2D eigenvalue weighted by Crippen LogP contribution is 2.26. The maximum atomic E-state index is 5.45. The summed E-state index contributed by atoms with van der Waals surface area (Å²) in [5.41, 5.74) is 4.61.